The van der Waals surface area contributed by atoms with Crippen LogP contribution in [0.3, 0.4) is 0 Å². The van der Waals surface area contributed by atoms with E-state index < -0.39 is 0 Å². The summed E-state index contributed by atoms with van der Waals surface area (Å²) in [4.78, 5) is 14.7. The molecule has 1 aliphatic rings. The van der Waals surface area contributed by atoms with Crippen LogP contribution < -0.4 is 15.4 Å². The van der Waals surface area contributed by atoms with E-state index in [1.165, 1.54) is 12.4 Å². The molecule has 5 nitrogen and oxygen atoms in total. The fourth-order valence-corrected chi connectivity index (χ4v) is 3.65. The van der Waals surface area contributed by atoms with E-state index in [1.807, 2.05) is 42.5 Å². The quantitative estimate of drug-likeness (QED) is 0.742. The predicted octanol–water partition coefficient (Wildman–Crippen LogP) is 3.89. The summed E-state index contributed by atoms with van der Waals surface area (Å²) in [6, 6.07) is 13.2. The van der Waals surface area contributed by atoms with Gasteiger partial charge in [0.15, 0.2) is 0 Å². The van der Waals surface area contributed by atoms with E-state index in [-0.39, 0.29) is 11.8 Å². The van der Waals surface area contributed by atoms with E-state index in [1.54, 1.807) is 12.0 Å². The van der Waals surface area contributed by atoms with E-state index >= 15 is 0 Å². The van der Waals surface area contributed by atoms with Crippen molar-refractivity contribution in [3.05, 3.63) is 64.8 Å². The van der Waals surface area contributed by atoms with E-state index in [0.717, 1.165) is 23.2 Å². The van der Waals surface area contributed by atoms with Crippen LogP contribution in [-0.4, -0.2) is 25.8 Å². The van der Waals surface area contributed by atoms with Crippen LogP contribution in [0.1, 0.15) is 17.5 Å². The van der Waals surface area contributed by atoms with E-state index in [2.05, 4.69) is 0 Å². The Morgan fingerprint density at radius 3 is 2.85 bits per heavy atom. The number of ether oxygens (including phenoxy) is 1. The third-order valence-electron chi connectivity index (χ3n) is 4.83. The van der Waals surface area contributed by atoms with Gasteiger partial charge in [-0.1, -0.05) is 23.7 Å². The predicted molar refractivity (Wildman–Crippen MR) is 110 cm³/mol. The minimum atomic E-state index is -0.0600. The molecule has 0 aliphatic carbocycles. The first kappa shape index (κ1) is 19.0. The molecule has 27 heavy (non-hydrogen) atoms. The van der Waals surface area contributed by atoms with Gasteiger partial charge in [0.2, 0.25) is 5.91 Å². The van der Waals surface area contributed by atoms with Crippen molar-refractivity contribution in [3.8, 4) is 5.75 Å². The molecule has 1 amide bonds. The lowest BCUT2D eigenvalue weighted by molar-refractivity contribution is -0.120. The molecule has 6 heteroatoms. The van der Waals surface area contributed by atoms with Crippen molar-refractivity contribution < 1.29 is 9.53 Å². The van der Waals surface area contributed by atoms with Gasteiger partial charge in [-0.05, 0) is 42.7 Å². The summed E-state index contributed by atoms with van der Waals surface area (Å²) in [6.07, 6.45) is 4.02. The van der Waals surface area contributed by atoms with E-state index in [0.29, 0.717) is 29.3 Å². The van der Waals surface area contributed by atoms with Gasteiger partial charge in [-0.25, -0.2) is 0 Å². The van der Waals surface area contributed by atoms with Crippen LogP contribution in [0.2, 0.25) is 5.02 Å². The largest absolute Gasteiger partial charge is 0.496 e. The smallest absolute Gasteiger partial charge is 0.230 e. The second-order valence-corrected chi connectivity index (χ2v) is 6.90. The molecule has 2 aromatic carbocycles. The molecule has 0 radical (unpaired) electrons. The van der Waals surface area contributed by atoms with Gasteiger partial charge in [0, 0.05) is 52.8 Å². The third kappa shape index (κ3) is 3.98. The Morgan fingerprint density at radius 2 is 2.19 bits per heavy atom. The Labute approximate surface area is 163 Å². The van der Waals surface area contributed by atoms with Crippen LogP contribution in [-0.2, 0) is 11.2 Å². The maximum atomic E-state index is 12.9. The Morgan fingerprint density at radius 1 is 1.37 bits per heavy atom. The van der Waals surface area contributed by atoms with Crippen LogP contribution in [0.5, 0.6) is 5.75 Å². The lowest BCUT2D eigenvalue weighted by Crippen LogP contribution is -2.27. The van der Waals surface area contributed by atoms with Gasteiger partial charge >= 0.3 is 0 Å². The van der Waals surface area contributed by atoms with Gasteiger partial charge in [0.25, 0.3) is 0 Å². The molecule has 1 fully saturated rings. The van der Waals surface area contributed by atoms with Crippen molar-refractivity contribution in [1.82, 2.24) is 0 Å². The first-order valence-corrected chi connectivity index (χ1v) is 9.11. The van der Waals surface area contributed by atoms with Crippen LogP contribution in [0.15, 0.2) is 48.7 Å². The highest BCUT2D eigenvalue weighted by Gasteiger charge is 2.32. The Kier molecular flexibility index (Phi) is 5.81. The van der Waals surface area contributed by atoms with Crippen molar-refractivity contribution in [2.75, 3.05) is 18.6 Å². The Balaban J connectivity index is 1.81. The monoisotopic (exact) mass is 383 g/mol. The average molecular weight is 384 g/mol. The van der Waals surface area contributed by atoms with Crippen LogP contribution in [0.4, 0.5) is 5.69 Å². The van der Waals surface area contributed by atoms with Crippen molar-refractivity contribution >= 4 is 35.0 Å². The molecule has 1 saturated heterocycles. The summed E-state index contributed by atoms with van der Waals surface area (Å²) >= 11 is 6.05. The van der Waals surface area contributed by atoms with Crippen molar-refractivity contribution in [2.45, 2.75) is 12.8 Å². The number of amides is 1. The summed E-state index contributed by atoms with van der Waals surface area (Å²) in [6.45, 7) is 0.663. The second-order valence-electron chi connectivity index (χ2n) is 6.46. The number of methoxy groups -OCH3 is 1. The molecule has 0 bridgehead atoms. The van der Waals surface area contributed by atoms with Gasteiger partial charge in [-0.15, -0.1) is 0 Å². The first-order valence-electron chi connectivity index (χ1n) is 8.74. The van der Waals surface area contributed by atoms with Gasteiger partial charge in [-0.3, -0.25) is 4.79 Å². The number of nitrogens with two attached hydrogens (primary N) is 1. The minimum Gasteiger partial charge on any atom is -0.496 e. The summed E-state index contributed by atoms with van der Waals surface area (Å²) < 4.78 is 5.45. The maximum absolute atomic E-state index is 12.9. The maximum Gasteiger partial charge on any atom is 0.230 e. The van der Waals surface area contributed by atoms with Crippen LogP contribution >= 0.6 is 11.6 Å². The fourth-order valence-electron chi connectivity index (χ4n) is 3.44. The number of allylic oxidation sites excluding steroid dienone is 1. The SMILES string of the molecule is COc1cc(N2CCC(Cc3cccc(Cl)c3)C2=O)ccc1/C(C=N)=C/N. The van der Waals surface area contributed by atoms with Crippen molar-refractivity contribution in [3.63, 3.8) is 0 Å². The van der Waals surface area contributed by atoms with Crippen LogP contribution in [0, 0.1) is 11.3 Å². The normalized spacial score (nSPS) is 17.3. The zero-order valence-corrected chi connectivity index (χ0v) is 15.9. The van der Waals surface area contributed by atoms with E-state index in [9.17, 15) is 4.79 Å². The molecule has 1 heterocycles. The summed E-state index contributed by atoms with van der Waals surface area (Å²) in [5.74, 6) is 0.625. The number of hydrogen-bond donors (Lipinski definition) is 2. The number of hydrogen-bond acceptors (Lipinski definition) is 4. The highest BCUT2D eigenvalue weighted by molar-refractivity contribution is 6.30. The molecule has 1 atom stereocenters. The number of nitrogens with zero attached hydrogens (tertiary/aromatic N) is 1. The molecule has 3 rings (SSSR count). The Hall–Kier alpha value is -2.79. The Bertz CT molecular complexity index is 895. The highest BCUT2D eigenvalue weighted by atomic mass is 35.5. The number of carbonyl (C=O) groups excluding carboxylic acids is 1. The van der Waals surface area contributed by atoms with Crippen molar-refractivity contribution in [2.24, 2.45) is 11.7 Å². The zero-order valence-electron chi connectivity index (χ0n) is 15.1. The lowest BCUT2D eigenvalue weighted by atomic mass is 9.98. The number of benzene rings is 2. The molecular formula is C21H22ClN3O2. The average Bonchev–Trinajstić information content (AvgIpc) is 3.03. The molecule has 1 unspecified atom stereocenters. The lowest BCUT2D eigenvalue weighted by Gasteiger charge is -2.19. The number of anilines is 1. The molecule has 2 aromatic rings. The summed E-state index contributed by atoms with van der Waals surface area (Å²) in [7, 11) is 1.56. The zero-order chi connectivity index (χ0) is 19.4. The molecule has 3 N–H and O–H groups in total. The molecule has 0 saturated carbocycles. The van der Waals surface area contributed by atoms with Crippen molar-refractivity contribution in [1.29, 1.82) is 5.41 Å². The minimum absolute atomic E-state index is 0.0600. The van der Waals surface area contributed by atoms with Crippen LogP contribution in [0.25, 0.3) is 5.57 Å². The second kappa shape index (κ2) is 8.27. The summed E-state index contributed by atoms with van der Waals surface area (Å²) in [5.41, 5.74) is 8.72. The number of carbonyl (C=O) groups is 1. The third-order valence-corrected chi connectivity index (χ3v) is 5.07. The molecule has 1 aliphatic heterocycles. The fraction of sp³-hybridized carbons (Fsp3) is 0.238. The molecule has 140 valence electrons. The van der Waals surface area contributed by atoms with Gasteiger partial charge < -0.3 is 20.8 Å². The van der Waals surface area contributed by atoms with E-state index in [4.69, 9.17) is 27.5 Å². The van der Waals surface area contributed by atoms with Gasteiger partial charge in [0.05, 0.1) is 7.11 Å². The van der Waals surface area contributed by atoms with Gasteiger partial charge in [0.1, 0.15) is 5.75 Å². The number of halogens is 1. The molecular weight excluding hydrogens is 362 g/mol. The summed E-state index contributed by atoms with van der Waals surface area (Å²) in [5, 5.41) is 8.15. The molecule has 0 spiro atoms. The number of nitrogens with one attached hydrogen (secondary N) is 1. The topological polar surface area (TPSA) is 79.4 Å². The number of rotatable bonds is 6. The molecule has 0 aromatic heterocycles. The first-order chi connectivity index (χ1) is 13.1. The standard InChI is InChI=1S/C21H22ClN3O2/c1-27-20-11-18(5-6-19(20)16(12-23)13-24)25-8-7-15(21(25)26)9-14-3-2-4-17(22)10-14/h2-6,10-13,15,23H,7-9,24H2,1H3/b16-13+,23-12?. The van der Waals surface area contributed by atoms with Gasteiger partial charge in [-0.2, -0.15) is 0 Å². The highest BCUT2D eigenvalue weighted by Crippen LogP contribution is 2.33.